The molecule has 4 rings (SSSR count). The molecule has 2 saturated heterocycles. The monoisotopic (exact) mass is 383 g/mol. The van der Waals surface area contributed by atoms with Gasteiger partial charge in [0, 0.05) is 39.8 Å². The molecule has 8 heteroatoms. The molecule has 1 aromatic heterocycles. The van der Waals surface area contributed by atoms with Crippen molar-refractivity contribution in [2.75, 3.05) is 32.8 Å². The molecule has 0 radical (unpaired) electrons. The SMILES string of the molecule is CCNC(=NCc1nncn1C)N1CC2OCCN(Cc3ccccc3)C2C1. The summed E-state index contributed by atoms with van der Waals surface area (Å²) in [5.41, 5.74) is 1.35. The lowest BCUT2D eigenvalue weighted by atomic mass is 10.1. The predicted molar refractivity (Wildman–Crippen MR) is 108 cm³/mol. The predicted octanol–water partition coefficient (Wildman–Crippen LogP) is 0.866. The van der Waals surface area contributed by atoms with Crippen molar-refractivity contribution < 1.29 is 4.74 Å². The molecule has 1 N–H and O–H groups in total. The first-order valence-electron chi connectivity index (χ1n) is 10.0. The normalized spacial score (nSPS) is 23.1. The van der Waals surface area contributed by atoms with Crippen molar-refractivity contribution in [2.24, 2.45) is 12.0 Å². The van der Waals surface area contributed by atoms with Crippen LogP contribution < -0.4 is 5.32 Å². The van der Waals surface area contributed by atoms with Crippen molar-refractivity contribution in [1.82, 2.24) is 29.9 Å². The van der Waals surface area contributed by atoms with Gasteiger partial charge >= 0.3 is 0 Å². The largest absolute Gasteiger partial charge is 0.373 e. The molecule has 0 amide bonds. The highest BCUT2D eigenvalue weighted by molar-refractivity contribution is 5.80. The summed E-state index contributed by atoms with van der Waals surface area (Å²) in [5.74, 6) is 1.78. The summed E-state index contributed by atoms with van der Waals surface area (Å²) in [6.45, 7) is 7.94. The van der Waals surface area contributed by atoms with E-state index in [1.807, 2.05) is 11.6 Å². The van der Waals surface area contributed by atoms with Crippen LogP contribution in [0.2, 0.25) is 0 Å². The standard InChI is InChI=1S/C20H29N7O/c1-3-21-20(22-11-19-24-23-15-25(19)2)27-13-17-18(14-27)28-10-9-26(17)12-16-7-5-4-6-8-16/h4-8,15,17-18H,3,9-14H2,1-2H3,(H,21,22). The van der Waals surface area contributed by atoms with E-state index in [0.717, 1.165) is 51.1 Å². The maximum absolute atomic E-state index is 6.11. The molecule has 3 heterocycles. The van der Waals surface area contributed by atoms with Crippen LogP contribution in [0.3, 0.4) is 0 Å². The Labute approximate surface area is 166 Å². The maximum Gasteiger partial charge on any atom is 0.194 e. The number of likely N-dealkylation sites (tertiary alicyclic amines) is 1. The molecule has 150 valence electrons. The fourth-order valence-corrected chi connectivity index (χ4v) is 3.97. The number of guanidine groups is 1. The van der Waals surface area contributed by atoms with E-state index in [1.54, 1.807) is 6.33 Å². The molecule has 0 saturated carbocycles. The molecule has 0 aliphatic carbocycles. The third-order valence-corrected chi connectivity index (χ3v) is 5.45. The van der Waals surface area contributed by atoms with E-state index in [0.29, 0.717) is 12.6 Å². The van der Waals surface area contributed by atoms with Crippen LogP contribution in [-0.4, -0.2) is 75.5 Å². The molecule has 0 bridgehead atoms. The number of benzene rings is 1. The van der Waals surface area contributed by atoms with Gasteiger partial charge in [0.1, 0.15) is 12.9 Å². The summed E-state index contributed by atoms with van der Waals surface area (Å²) in [7, 11) is 1.94. The van der Waals surface area contributed by atoms with E-state index in [4.69, 9.17) is 9.73 Å². The fourth-order valence-electron chi connectivity index (χ4n) is 3.97. The van der Waals surface area contributed by atoms with Crippen LogP contribution in [-0.2, 0) is 24.9 Å². The molecule has 2 aliphatic rings. The van der Waals surface area contributed by atoms with Crippen LogP contribution >= 0.6 is 0 Å². The molecule has 2 aromatic rings. The molecule has 1 aromatic carbocycles. The smallest absolute Gasteiger partial charge is 0.194 e. The van der Waals surface area contributed by atoms with Crippen molar-refractivity contribution >= 4 is 5.96 Å². The second-order valence-electron chi connectivity index (χ2n) is 7.37. The first-order chi connectivity index (χ1) is 13.7. The zero-order chi connectivity index (χ0) is 19.3. The molecule has 0 spiro atoms. The van der Waals surface area contributed by atoms with Gasteiger partial charge in [0.15, 0.2) is 11.8 Å². The number of ether oxygens (including phenoxy) is 1. The summed E-state index contributed by atoms with van der Waals surface area (Å²) in [6, 6.07) is 11.1. The number of aryl methyl sites for hydroxylation is 1. The Balaban J connectivity index is 1.45. The molecular weight excluding hydrogens is 354 g/mol. The Morgan fingerprint density at radius 2 is 2.14 bits per heavy atom. The number of nitrogens with zero attached hydrogens (tertiary/aromatic N) is 6. The second-order valence-corrected chi connectivity index (χ2v) is 7.37. The van der Waals surface area contributed by atoms with Gasteiger partial charge in [-0.15, -0.1) is 10.2 Å². The van der Waals surface area contributed by atoms with Crippen LogP contribution in [0.25, 0.3) is 0 Å². The molecule has 28 heavy (non-hydrogen) atoms. The van der Waals surface area contributed by atoms with Gasteiger partial charge in [0.25, 0.3) is 0 Å². The lowest BCUT2D eigenvalue weighted by Crippen LogP contribution is -2.50. The number of hydrogen-bond donors (Lipinski definition) is 1. The summed E-state index contributed by atoms with van der Waals surface area (Å²) in [6.07, 6.45) is 1.92. The van der Waals surface area contributed by atoms with E-state index in [9.17, 15) is 0 Å². The molecule has 2 fully saturated rings. The van der Waals surface area contributed by atoms with Crippen LogP contribution in [0.4, 0.5) is 0 Å². The van der Waals surface area contributed by atoms with Gasteiger partial charge in [-0.05, 0) is 12.5 Å². The summed E-state index contributed by atoms with van der Waals surface area (Å²) in [5, 5.41) is 11.5. The highest BCUT2D eigenvalue weighted by Crippen LogP contribution is 2.24. The first-order valence-corrected chi connectivity index (χ1v) is 10.0. The zero-order valence-corrected chi connectivity index (χ0v) is 16.7. The minimum atomic E-state index is 0.219. The number of hydrogen-bond acceptors (Lipinski definition) is 5. The van der Waals surface area contributed by atoms with Crippen molar-refractivity contribution in [3.05, 3.63) is 48.0 Å². The second kappa shape index (κ2) is 8.70. The Kier molecular flexibility index (Phi) is 5.87. The van der Waals surface area contributed by atoms with Crippen molar-refractivity contribution in [3.8, 4) is 0 Å². The highest BCUT2D eigenvalue weighted by Gasteiger charge is 2.41. The van der Waals surface area contributed by atoms with Gasteiger partial charge in [-0.2, -0.15) is 0 Å². The molecule has 2 aliphatic heterocycles. The van der Waals surface area contributed by atoms with Gasteiger partial charge in [-0.1, -0.05) is 30.3 Å². The number of morpholine rings is 1. The molecule has 2 atom stereocenters. The van der Waals surface area contributed by atoms with Gasteiger partial charge in [-0.25, -0.2) is 4.99 Å². The number of fused-ring (bicyclic) bond motifs is 1. The highest BCUT2D eigenvalue weighted by atomic mass is 16.5. The van der Waals surface area contributed by atoms with Crippen molar-refractivity contribution in [2.45, 2.75) is 32.2 Å². The van der Waals surface area contributed by atoms with Crippen LogP contribution in [0, 0.1) is 0 Å². The van der Waals surface area contributed by atoms with E-state index < -0.39 is 0 Å². The molecular formula is C20H29N7O. The average Bonchev–Trinajstić information content (AvgIpc) is 3.33. The lowest BCUT2D eigenvalue weighted by Gasteiger charge is -2.36. The molecule has 8 nitrogen and oxygen atoms in total. The summed E-state index contributed by atoms with van der Waals surface area (Å²) in [4.78, 5) is 9.67. The van der Waals surface area contributed by atoms with E-state index >= 15 is 0 Å². The lowest BCUT2D eigenvalue weighted by molar-refractivity contribution is -0.0502. The van der Waals surface area contributed by atoms with Crippen molar-refractivity contribution in [1.29, 1.82) is 0 Å². The maximum atomic E-state index is 6.11. The number of nitrogens with one attached hydrogen (secondary N) is 1. The average molecular weight is 384 g/mol. The summed E-state index contributed by atoms with van der Waals surface area (Å²) >= 11 is 0. The van der Waals surface area contributed by atoms with Gasteiger partial charge in [-0.3, -0.25) is 4.90 Å². The fraction of sp³-hybridized carbons (Fsp3) is 0.550. The number of aliphatic imine (C=N–C) groups is 1. The Hall–Kier alpha value is -2.45. The number of rotatable bonds is 5. The topological polar surface area (TPSA) is 70.8 Å². The number of aromatic nitrogens is 3. The first kappa shape index (κ1) is 18.9. The third-order valence-electron chi connectivity index (χ3n) is 5.45. The zero-order valence-electron chi connectivity index (χ0n) is 16.7. The Morgan fingerprint density at radius 3 is 2.89 bits per heavy atom. The Morgan fingerprint density at radius 1 is 1.29 bits per heavy atom. The minimum absolute atomic E-state index is 0.219. The van der Waals surface area contributed by atoms with E-state index in [2.05, 4.69) is 62.6 Å². The van der Waals surface area contributed by atoms with Crippen LogP contribution in [0.5, 0.6) is 0 Å². The minimum Gasteiger partial charge on any atom is -0.373 e. The van der Waals surface area contributed by atoms with E-state index in [-0.39, 0.29) is 6.10 Å². The molecule has 2 unspecified atom stereocenters. The summed E-state index contributed by atoms with van der Waals surface area (Å²) < 4.78 is 8.01. The third kappa shape index (κ3) is 4.18. The van der Waals surface area contributed by atoms with Crippen LogP contribution in [0.15, 0.2) is 41.7 Å². The Bertz CT molecular complexity index is 791. The van der Waals surface area contributed by atoms with E-state index in [1.165, 1.54) is 5.56 Å². The quantitative estimate of drug-likeness (QED) is 0.610. The van der Waals surface area contributed by atoms with Gasteiger partial charge in [0.05, 0.1) is 18.8 Å². The van der Waals surface area contributed by atoms with Gasteiger partial charge in [0.2, 0.25) is 0 Å². The van der Waals surface area contributed by atoms with Crippen molar-refractivity contribution in [3.63, 3.8) is 0 Å². The van der Waals surface area contributed by atoms with Crippen LogP contribution in [0.1, 0.15) is 18.3 Å². The van der Waals surface area contributed by atoms with Gasteiger partial charge < -0.3 is 19.5 Å².